The second kappa shape index (κ2) is 10.1. The van der Waals surface area contributed by atoms with Gasteiger partial charge in [0.1, 0.15) is 12.0 Å². The number of ether oxygens (including phenoxy) is 2. The Morgan fingerprint density at radius 3 is 2.47 bits per heavy atom. The van der Waals surface area contributed by atoms with Crippen molar-refractivity contribution in [1.82, 2.24) is 10.3 Å². The van der Waals surface area contributed by atoms with Crippen molar-refractivity contribution < 1.29 is 24.1 Å². The van der Waals surface area contributed by atoms with Gasteiger partial charge in [0.2, 0.25) is 5.75 Å². The summed E-state index contributed by atoms with van der Waals surface area (Å²) < 4.78 is 24.7. The molecule has 1 aliphatic rings. The molecule has 7 heteroatoms. The van der Waals surface area contributed by atoms with Crippen molar-refractivity contribution in [2.75, 3.05) is 14.2 Å². The molecule has 1 unspecified atom stereocenters. The van der Waals surface area contributed by atoms with Gasteiger partial charge >= 0.3 is 0 Å². The first-order valence-electron chi connectivity index (χ1n) is 10.9. The Kier molecular flexibility index (Phi) is 6.95. The zero-order chi connectivity index (χ0) is 24.2. The molecular weight excluding hydrogens is 435 g/mol. The Morgan fingerprint density at radius 2 is 1.82 bits per heavy atom. The number of benzene rings is 2. The fraction of sp³-hybridized carbons (Fsp3) is 0.222. The highest BCUT2D eigenvalue weighted by Crippen LogP contribution is 2.45. The summed E-state index contributed by atoms with van der Waals surface area (Å²) in [5, 5.41) is 24.0. The number of aliphatic hydroxyl groups is 1. The highest BCUT2D eigenvalue weighted by atomic mass is 19.1. The Balaban J connectivity index is 1.68. The third-order valence-electron chi connectivity index (χ3n) is 5.93. The SMILES string of the molecule is COc1cc(/C=C2/C(C)=C(CC(O)NCc3cccnc3)c3cc(F)ccc32)cc(OC)c1O. The topological polar surface area (TPSA) is 83.8 Å². The minimum atomic E-state index is -0.825. The molecule has 0 saturated carbocycles. The predicted molar refractivity (Wildman–Crippen MR) is 130 cm³/mol. The number of rotatable bonds is 8. The number of hydrogen-bond donors (Lipinski definition) is 3. The van der Waals surface area contributed by atoms with E-state index in [1.165, 1.54) is 26.4 Å². The molecule has 0 radical (unpaired) electrons. The number of aromatic nitrogens is 1. The number of hydrogen-bond acceptors (Lipinski definition) is 6. The maximum atomic E-state index is 14.2. The summed E-state index contributed by atoms with van der Waals surface area (Å²) in [5.41, 5.74) is 6.05. The van der Waals surface area contributed by atoms with Crippen LogP contribution >= 0.6 is 0 Å². The number of aromatic hydroxyl groups is 1. The summed E-state index contributed by atoms with van der Waals surface area (Å²) in [6.07, 6.45) is 4.87. The third-order valence-corrected chi connectivity index (χ3v) is 5.93. The molecule has 2 aromatic carbocycles. The van der Waals surface area contributed by atoms with Crippen LogP contribution in [0.4, 0.5) is 4.39 Å². The molecule has 0 saturated heterocycles. The molecule has 0 aliphatic heterocycles. The van der Waals surface area contributed by atoms with E-state index in [0.717, 1.165) is 39.0 Å². The number of pyridine rings is 1. The van der Waals surface area contributed by atoms with Crippen LogP contribution in [0.25, 0.3) is 17.2 Å². The molecule has 176 valence electrons. The second-order valence-electron chi connectivity index (χ2n) is 8.09. The summed E-state index contributed by atoms with van der Waals surface area (Å²) >= 11 is 0. The van der Waals surface area contributed by atoms with E-state index in [1.54, 1.807) is 30.6 Å². The normalized spacial score (nSPS) is 14.9. The Bertz CT molecular complexity index is 1230. The first-order valence-corrected chi connectivity index (χ1v) is 10.9. The molecule has 1 atom stereocenters. The quantitative estimate of drug-likeness (QED) is 0.418. The number of fused-ring (bicyclic) bond motifs is 1. The lowest BCUT2D eigenvalue weighted by Crippen LogP contribution is -2.28. The zero-order valence-corrected chi connectivity index (χ0v) is 19.3. The molecule has 0 spiro atoms. The lowest BCUT2D eigenvalue weighted by Gasteiger charge is -2.15. The van der Waals surface area contributed by atoms with E-state index < -0.39 is 6.23 Å². The second-order valence-corrected chi connectivity index (χ2v) is 8.09. The number of phenols is 1. The van der Waals surface area contributed by atoms with Gasteiger partial charge in [0, 0.05) is 25.4 Å². The molecule has 4 rings (SSSR count). The molecule has 1 aliphatic carbocycles. The number of nitrogens with one attached hydrogen (secondary N) is 1. The Hall–Kier alpha value is -3.68. The molecule has 6 nitrogen and oxygen atoms in total. The van der Waals surface area contributed by atoms with Gasteiger partial charge in [0.15, 0.2) is 11.5 Å². The summed E-state index contributed by atoms with van der Waals surface area (Å²) in [7, 11) is 2.95. The average Bonchev–Trinajstić information content (AvgIpc) is 3.09. The van der Waals surface area contributed by atoms with Crippen LogP contribution in [-0.4, -0.2) is 35.6 Å². The Morgan fingerprint density at radius 1 is 1.09 bits per heavy atom. The summed E-state index contributed by atoms with van der Waals surface area (Å²) in [6, 6.07) is 11.9. The minimum Gasteiger partial charge on any atom is -0.502 e. The minimum absolute atomic E-state index is 0.0724. The smallest absolute Gasteiger partial charge is 0.200 e. The summed E-state index contributed by atoms with van der Waals surface area (Å²) in [6.45, 7) is 2.43. The van der Waals surface area contributed by atoms with Crippen molar-refractivity contribution in [3.63, 3.8) is 0 Å². The Labute approximate surface area is 198 Å². The van der Waals surface area contributed by atoms with Crippen LogP contribution in [0.1, 0.15) is 35.6 Å². The molecule has 34 heavy (non-hydrogen) atoms. The van der Waals surface area contributed by atoms with E-state index >= 15 is 0 Å². The van der Waals surface area contributed by atoms with Crippen molar-refractivity contribution in [3.8, 4) is 17.2 Å². The number of methoxy groups -OCH3 is 2. The highest BCUT2D eigenvalue weighted by molar-refractivity contribution is 6.05. The van der Waals surface area contributed by atoms with E-state index in [-0.39, 0.29) is 11.6 Å². The standard InChI is InChI=1S/C27H27FN2O4/c1-16-21(9-18-10-24(33-2)27(32)25(11-18)34-3)20-7-6-19(28)12-23(20)22(16)13-26(31)30-15-17-5-4-8-29-14-17/h4-12,14,26,30-32H,13,15H2,1-3H3/b21-9-. The van der Waals surface area contributed by atoms with Gasteiger partial charge < -0.3 is 19.7 Å². The van der Waals surface area contributed by atoms with E-state index in [0.29, 0.717) is 24.5 Å². The maximum Gasteiger partial charge on any atom is 0.200 e. The maximum absolute atomic E-state index is 14.2. The van der Waals surface area contributed by atoms with Crippen LogP contribution in [0.5, 0.6) is 17.2 Å². The van der Waals surface area contributed by atoms with Crippen molar-refractivity contribution >= 4 is 17.2 Å². The molecule has 0 amide bonds. The average molecular weight is 463 g/mol. The lowest BCUT2D eigenvalue weighted by molar-refractivity contribution is 0.140. The highest BCUT2D eigenvalue weighted by Gasteiger charge is 2.26. The number of allylic oxidation sites excluding steroid dienone is 2. The zero-order valence-electron chi connectivity index (χ0n) is 19.3. The van der Waals surface area contributed by atoms with Crippen LogP contribution in [0.15, 0.2) is 60.4 Å². The van der Waals surface area contributed by atoms with Gasteiger partial charge in [-0.3, -0.25) is 10.3 Å². The van der Waals surface area contributed by atoms with Gasteiger partial charge in [-0.15, -0.1) is 0 Å². The van der Waals surface area contributed by atoms with E-state index in [9.17, 15) is 14.6 Å². The number of halogens is 1. The molecule has 0 fully saturated rings. The lowest BCUT2D eigenvalue weighted by atomic mass is 10.00. The molecular formula is C27H27FN2O4. The van der Waals surface area contributed by atoms with Crippen LogP contribution < -0.4 is 14.8 Å². The van der Waals surface area contributed by atoms with Crippen LogP contribution in [0, 0.1) is 5.82 Å². The monoisotopic (exact) mass is 462 g/mol. The fourth-order valence-electron chi connectivity index (χ4n) is 4.18. The third kappa shape index (κ3) is 4.81. The van der Waals surface area contributed by atoms with Crippen LogP contribution in [0.2, 0.25) is 0 Å². The molecule has 1 heterocycles. The van der Waals surface area contributed by atoms with Gasteiger partial charge in [0.25, 0.3) is 0 Å². The van der Waals surface area contributed by atoms with Gasteiger partial charge in [-0.05, 0) is 82.3 Å². The van der Waals surface area contributed by atoms with Crippen molar-refractivity contribution in [2.45, 2.75) is 26.1 Å². The predicted octanol–water partition coefficient (Wildman–Crippen LogP) is 4.77. The number of nitrogens with zero attached hydrogens (tertiary/aromatic N) is 1. The van der Waals surface area contributed by atoms with Gasteiger partial charge in [-0.1, -0.05) is 12.1 Å². The van der Waals surface area contributed by atoms with Crippen molar-refractivity contribution in [3.05, 3.63) is 88.5 Å². The molecule has 0 bridgehead atoms. The first-order chi connectivity index (χ1) is 16.4. The van der Waals surface area contributed by atoms with Crippen LogP contribution in [0.3, 0.4) is 0 Å². The van der Waals surface area contributed by atoms with E-state index in [4.69, 9.17) is 9.47 Å². The largest absolute Gasteiger partial charge is 0.502 e. The molecule has 3 N–H and O–H groups in total. The van der Waals surface area contributed by atoms with Gasteiger partial charge in [-0.25, -0.2) is 4.39 Å². The van der Waals surface area contributed by atoms with Crippen molar-refractivity contribution in [2.24, 2.45) is 0 Å². The van der Waals surface area contributed by atoms with Crippen molar-refractivity contribution in [1.29, 1.82) is 0 Å². The van der Waals surface area contributed by atoms with E-state index in [1.807, 2.05) is 25.1 Å². The first kappa shape index (κ1) is 23.5. The van der Waals surface area contributed by atoms with E-state index in [2.05, 4.69) is 10.3 Å². The summed E-state index contributed by atoms with van der Waals surface area (Å²) in [4.78, 5) is 4.08. The molecule has 1 aromatic heterocycles. The fourth-order valence-corrected chi connectivity index (χ4v) is 4.18. The molecule has 3 aromatic rings. The van der Waals surface area contributed by atoms with Gasteiger partial charge in [-0.2, -0.15) is 0 Å². The number of phenolic OH excluding ortho intramolecular Hbond substituents is 1. The van der Waals surface area contributed by atoms with Gasteiger partial charge in [0.05, 0.1) is 14.2 Å². The van der Waals surface area contributed by atoms with Crippen LogP contribution in [-0.2, 0) is 6.54 Å². The summed E-state index contributed by atoms with van der Waals surface area (Å²) in [5.74, 6) is 0.175. The number of aliphatic hydroxyl groups excluding tert-OH is 1.